The van der Waals surface area contributed by atoms with Gasteiger partial charge in [-0.25, -0.2) is 4.79 Å². The van der Waals surface area contributed by atoms with Gasteiger partial charge in [0.1, 0.15) is 17.1 Å². The summed E-state index contributed by atoms with van der Waals surface area (Å²) in [5.74, 6) is -0.473. The molecule has 6 nitrogen and oxygen atoms in total. The monoisotopic (exact) mass is 617 g/mol. The van der Waals surface area contributed by atoms with Crippen molar-refractivity contribution in [1.82, 2.24) is 0 Å². The summed E-state index contributed by atoms with van der Waals surface area (Å²) in [4.78, 5) is 25.5. The number of anilines is 1. The molecule has 3 rings (SSSR count). The lowest BCUT2D eigenvalue weighted by atomic mass is 10.1. The number of carboxylic acids is 1. The van der Waals surface area contributed by atoms with Crippen LogP contribution in [0.5, 0.6) is 11.5 Å². The zero-order chi connectivity index (χ0) is 22.0. The molecule has 156 valence electrons. The van der Waals surface area contributed by atoms with Crippen molar-refractivity contribution in [2.75, 3.05) is 19.5 Å². The molecule has 30 heavy (non-hydrogen) atoms. The van der Waals surface area contributed by atoms with Crippen molar-refractivity contribution in [2.45, 2.75) is 0 Å². The molecule has 0 fully saturated rings. The van der Waals surface area contributed by atoms with Gasteiger partial charge in [0.05, 0.1) is 34.8 Å². The molecule has 2 N–H and O–H groups in total. The highest BCUT2D eigenvalue weighted by Gasteiger charge is 2.25. The summed E-state index contributed by atoms with van der Waals surface area (Å²) in [7, 11) is 3.06. The van der Waals surface area contributed by atoms with Crippen molar-refractivity contribution in [3.05, 3.63) is 60.3 Å². The van der Waals surface area contributed by atoms with Crippen LogP contribution >= 0.6 is 59.1 Å². The Kier molecular flexibility index (Phi) is 7.22. The predicted octanol–water partition coefficient (Wildman–Crippen LogP) is 6.67. The largest absolute Gasteiger partial charge is 0.497 e. The lowest BCUT2D eigenvalue weighted by Gasteiger charge is -2.13. The molecule has 0 saturated heterocycles. The molecule has 1 heterocycles. The predicted molar refractivity (Wildman–Crippen MR) is 127 cm³/mol. The van der Waals surface area contributed by atoms with Crippen LogP contribution in [-0.2, 0) is 0 Å². The second-order valence-corrected chi connectivity index (χ2v) is 9.23. The molecule has 0 bridgehead atoms. The van der Waals surface area contributed by atoms with Crippen LogP contribution in [0.3, 0.4) is 0 Å². The molecule has 0 aliphatic rings. The number of carbonyl (C=O) groups excluding carboxylic acids is 1. The lowest BCUT2D eigenvalue weighted by Crippen LogP contribution is -2.15. The van der Waals surface area contributed by atoms with E-state index in [1.807, 2.05) is 0 Å². The van der Waals surface area contributed by atoms with Gasteiger partial charge in [0, 0.05) is 14.3 Å². The zero-order valence-electron chi connectivity index (χ0n) is 15.6. The summed E-state index contributed by atoms with van der Waals surface area (Å²) in [6.07, 6.45) is 0. The normalized spacial score (nSPS) is 10.6. The standard InChI is InChI=1S/C20H14Br3NO5S/c1-28-10-5-3-4-9(6-10)18-15(20(26)27)12(8-30-18)24-19(25)14-11(21)7-13(29-2)16(22)17(14)23/h3-8H,1-2H3,(H,24,25)(H,26,27). The number of nitrogens with one attached hydrogen (secondary N) is 1. The summed E-state index contributed by atoms with van der Waals surface area (Å²) in [5, 5.41) is 14.1. The molecule has 1 amide bonds. The average Bonchev–Trinajstić information content (AvgIpc) is 3.14. The molecular formula is C20H14Br3NO5S. The number of benzene rings is 2. The topological polar surface area (TPSA) is 84.9 Å². The fraction of sp³-hybridized carbons (Fsp3) is 0.100. The molecule has 0 radical (unpaired) electrons. The van der Waals surface area contributed by atoms with Gasteiger partial charge < -0.3 is 19.9 Å². The molecular weight excluding hydrogens is 606 g/mol. The van der Waals surface area contributed by atoms with Gasteiger partial charge in [-0.3, -0.25) is 4.79 Å². The third-order valence-corrected chi connectivity index (χ3v) is 7.92. The maximum absolute atomic E-state index is 13.0. The van der Waals surface area contributed by atoms with E-state index in [1.54, 1.807) is 42.8 Å². The van der Waals surface area contributed by atoms with Crippen LogP contribution in [0.4, 0.5) is 5.69 Å². The van der Waals surface area contributed by atoms with Crippen LogP contribution in [0, 0.1) is 0 Å². The molecule has 0 saturated carbocycles. The van der Waals surface area contributed by atoms with Crippen molar-refractivity contribution in [3.63, 3.8) is 0 Å². The van der Waals surface area contributed by atoms with Crippen LogP contribution in [-0.4, -0.2) is 31.2 Å². The fourth-order valence-corrected chi connectivity index (χ4v) is 5.66. The van der Waals surface area contributed by atoms with E-state index in [4.69, 9.17) is 9.47 Å². The Morgan fingerprint density at radius 2 is 1.77 bits per heavy atom. The van der Waals surface area contributed by atoms with E-state index in [1.165, 1.54) is 18.4 Å². The number of halogens is 3. The second kappa shape index (κ2) is 9.51. The van der Waals surface area contributed by atoms with E-state index < -0.39 is 11.9 Å². The Hall–Kier alpha value is -1.88. The maximum Gasteiger partial charge on any atom is 0.339 e. The Morgan fingerprint density at radius 1 is 1.03 bits per heavy atom. The van der Waals surface area contributed by atoms with Crippen molar-refractivity contribution >= 4 is 76.7 Å². The Morgan fingerprint density at radius 3 is 2.40 bits per heavy atom. The third kappa shape index (κ3) is 4.41. The quantitative estimate of drug-likeness (QED) is 0.301. The minimum absolute atomic E-state index is 0.0152. The van der Waals surface area contributed by atoms with Crippen LogP contribution in [0.1, 0.15) is 20.7 Å². The minimum Gasteiger partial charge on any atom is -0.497 e. The highest BCUT2D eigenvalue weighted by molar-refractivity contribution is 9.13. The van der Waals surface area contributed by atoms with Gasteiger partial charge in [0.25, 0.3) is 5.91 Å². The second-order valence-electron chi connectivity index (χ2n) is 5.91. The summed E-state index contributed by atoms with van der Waals surface area (Å²) in [6, 6.07) is 8.74. The van der Waals surface area contributed by atoms with Gasteiger partial charge in [0.2, 0.25) is 0 Å². The number of carbonyl (C=O) groups is 2. The highest BCUT2D eigenvalue weighted by atomic mass is 79.9. The first-order valence-corrected chi connectivity index (χ1v) is 11.6. The third-order valence-electron chi connectivity index (χ3n) is 4.16. The number of ether oxygens (including phenoxy) is 2. The molecule has 0 aliphatic carbocycles. The van der Waals surface area contributed by atoms with Crippen LogP contribution in [0.2, 0.25) is 0 Å². The van der Waals surface area contributed by atoms with Crippen molar-refractivity contribution in [1.29, 1.82) is 0 Å². The maximum atomic E-state index is 13.0. The van der Waals surface area contributed by atoms with Crippen molar-refractivity contribution in [2.24, 2.45) is 0 Å². The Labute approximate surface area is 201 Å². The first-order valence-electron chi connectivity index (χ1n) is 8.30. The molecule has 0 atom stereocenters. The SMILES string of the molecule is COc1cccc(-c2scc(NC(=O)c3c(Br)cc(OC)c(Br)c3Br)c2C(=O)O)c1. The van der Waals surface area contributed by atoms with Gasteiger partial charge in [-0.1, -0.05) is 12.1 Å². The number of methoxy groups -OCH3 is 2. The molecule has 1 aromatic heterocycles. The van der Waals surface area contributed by atoms with Crippen LogP contribution in [0.15, 0.2) is 49.1 Å². The van der Waals surface area contributed by atoms with Gasteiger partial charge in [0.15, 0.2) is 0 Å². The summed E-state index contributed by atoms with van der Waals surface area (Å²) in [6.45, 7) is 0. The van der Waals surface area contributed by atoms with E-state index in [0.717, 1.165) is 0 Å². The van der Waals surface area contributed by atoms with E-state index >= 15 is 0 Å². The van der Waals surface area contributed by atoms with Crippen LogP contribution < -0.4 is 14.8 Å². The van der Waals surface area contributed by atoms with E-state index in [9.17, 15) is 14.7 Å². The summed E-state index contributed by atoms with van der Waals surface area (Å²) < 4.78 is 12.0. The number of rotatable bonds is 6. The van der Waals surface area contributed by atoms with Crippen molar-refractivity contribution in [3.8, 4) is 21.9 Å². The smallest absolute Gasteiger partial charge is 0.339 e. The zero-order valence-corrected chi connectivity index (χ0v) is 21.2. The Bertz CT molecular complexity index is 1150. The molecule has 2 aromatic carbocycles. The summed E-state index contributed by atoms with van der Waals surface area (Å²) in [5.41, 5.74) is 1.21. The van der Waals surface area contributed by atoms with Gasteiger partial charge >= 0.3 is 5.97 Å². The van der Waals surface area contributed by atoms with E-state index in [0.29, 0.717) is 40.9 Å². The molecule has 0 spiro atoms. The number of amides is 1. The van der Waals surface area contributed by atoms with Crippen LogP contribution in [0.25, 0.3) is 10.4 Å². The van der Waals surface area contributed by atoms with Gasteiger partial charge in [-0.05, 0) is 71.6 Å². The molecule has 0 aliphatic heterocycles. The Balaban J connectivity index is 2.02. The number of hydrogen-bond donors (Lipinski definition) is 2. The van der Waals surface area contributed by atoms with Gasteiger partial charge in [-0.15, -0.1) is 11.3 Å². The van der Waals surface area contributed by atoms with Gasteiger partial charge in [-0.2, -0.15) is 0 Å². The molecule has 0 unspecified atom stereocenters. The van der Waals surface area contributed by atoms with E-state index in [2.05, 4.69) is 53.1 Å². The number of carboxylic acid groups (broad SMARTS) is 1. The van der Waals surface area contributed by atoms with Crippen molar-refractivity contribution < 1.29 is 24.2 Å². The van der Waals surface area contributed by atoms with E-state index in [-0.39, 0.29) is 11.3 Å². The molecule has 3 aromatic rings. The number of aromatic carboxylic acids is 1. The fourth-order valence-electron chi connectivity index (χ4n) is 2.75. The molecule has 10 heteroatoms. The summed E-state index contributed by atoms with van der Waals surface area (Å²) >= 11 is 11.4. The average molecular weight is 620 g/mol. The minimum atomic E-state index is -1.14. The first kappa shape index (κ1) is 22.8. The lowest BCUT2D eigenvalue weighted by molar-refractivity contribution is 0.0699. The number of thiophene rings is 1. The highest BCUT2D eigenvalue weighted by Crippen LogP contribution is 2.41. The number of hydrogen-bond acceptors (Lipinski definition) is 5. The first-order chi connectivity index (χ1) is 14.3.